The second-order valence-electron chi connectivity index (χ2n) is 6.12. The first-order valence-electron chi connectivity index (χ1n) is 9.87. The third-order valence-electron chi connectivity index (χ3n) is 4.53. The standard InChI is InChI=1S/C17H20N2O4.2C2H6/c20-13-6-8-18(9-7-13)16(22)14-11-19(17(23)15(14)21)10-12-4-2-1-3-5-12;2*1-2/h1-5,14-15,21H,6-11H2;2*1-2H3. The Bertz CT molecular complexity index is 608. The monoisotopic (exact) mass is 376 g/mol. The van der Waals surface area contributed by atoms with E-state index in [9.17, 15) is 19.5 Å². The van der Waals surface area contributed by atoms with Crippen LogP contribution in [0.25, 0.3) is 0 Å². The third kappa shape index (κ3) is 5.89. The molecule has 27 heavy (non-hydrogen) atoms. The van der Waals surface area contributed by atoms with Crippen molar-refractivity contribution in [2.24, 2.45) is 5.92 Å². The Hall–Kier alpha value is -2.21. The molecule has 6 nitrogen and oxygen atoms in total. The smallest absolute Gasteiger partial charge is 0.252 e. The first kappa shape index (κ1) is 22.8. The Balaban J connectivity index is 0.000000855. The van der Waals surface area contributed by atoms with E-state index < -0.39 is 17.9 Å². The van der Waals surface area contributed by atoms with Gasteiger partial charge in [0.15, 0.2) is 0 Å². The summed E-state index contributed by atoms with van der Waals surface area (Å²) in [6.45, 7) is 9.37. The summed E-state index contributed by atoms with van der Waals surface area (Å²) in [6.07, 6.45) is -0.573. The number of carbonyl (C=O) groups is 3. The lowest BCUT2D eigenvalue weighted by atomic mass is 10.0. The van der Waals surface area contributed by atoms with Crippen molar-refractivity contribution in [2.75, 3.05) is 19.6 Å². The molecule has 3 rings (SSSR count). The molecule has 2 unspecified atom stereocenters. The number of rotatable bonds is 3. The van der Waals surface area contributed by atoms with Crippen molar-refractivity contribution < 1.29 is 19.5 Å². The highest BCUT2D eigenvalue weighted by atomic mass is 16.3. The highest BCUT2D eigenvalue weighted by molar-refractivity contribution is 5.93. The van der Waals surface area contributed by atoms with Crippen molar-refractivity contribution in [3.8, 4) is 0 Å². The fraction of sp³-hybridized carbons (Fsp3) is 0.571. The van der Waals surface area contributed by atoms with Crippen molar-refractivity contribution in [1.29, 1.82) is 0 Å². The summed E-state index contributed by atoms with van der Waals surface area (Å²) in [7, 11) is 0. The van der Waals surface area contributed by atoms with Gasteiger partial charge in [-0.25, -0.2) is 0 Å². The van der Waals surface area contributed by atoms with Gasteiger partial charge in [0.1, 0.15) is 11.9 Å². The van der Waals surface area contributed by atoms with Crippen LogP contribution in [0.15, 0.2) is 30.3 Å². The van der Waals surface area contributed by atoms with E-state index in [2.05, 4.69) is 0 Å². The largest absolute Gasteiger partial charge is 0.382 e. The van der Waals surface area contributed by atoms with Gasteiger partial charge in [0, 0.05) is 39.0 Å². The number of piperidine rings is 1. The van der Waals surface area contributed by atoms with Crippen molar-refractivity contribution >= 4 is 17.6 Å². The molecule has 1 N–H and O–H groups in total. The van der Waals surface area contributed by atoms with E-state index in [1.54, 1.807) is 4.90 Å². The Morgan fingerprint density at radius 3 is 2.15 bits per heavy atom. The molecule has 2 atom stereocenters. The number of benzene rings is 1. The van der Waals surface area contributed by atoms with E-state index in [4.69, 9.17) is 0 Å². The van der Waals surface area contributed by atoms with E-state index in [0.29, 0.717) is 32.5 Å². The maximum atomic E-state index is 12.5. The van der Waals surface area contributed by atoms with Crippen LogP contribution >= 0.6 is 0 Å². The Kier molecular flexibility index (Phi) is 9.72. The van der Waals surface area contributed by atoms with Gasteiger partial charge in [-0.05, 0) is 5.56 Å². The maximum Gasteiger partial charge on any atom is 0.252 e. The van der Waals surface area contributed by atoms with Crippen LogP contribution in [0.1, 0.15) is 46.1 Å². The summed E-state index contributed by atoms with van der Waals surface area (Å²) in [4.78, 5) is 39.1. The van der Waals surface area contributed by atoms with Crippen molar-refractivity contribution in [3.05, 3.63) is 35.9 Å². The number of aliphatic hydroxyl groups excluding tert-OH is 1. The minimum atomic E-state index is -1.29. The van der Waals surface area contributed by atoms with Gasteiger partial charge in [-0.2, -0.15) is 0 Å². The third-order valence-corrected chi connectivity index (χ3v) is 4.53. The Morgan fingerprint density at radius 2 is 1.59 bits per heavy atom. The second-order valence-corrected chi connectivity index (χ2v) is 6.12. The molecule has 2 aliphatic heterocycles. The molecule has 0 saturated carbocycles. The van der Waals surface area contributed by atoms with Crippen LogP contribution in [0.5, 0.6) is 0 Å². The molecular formula is C21H32N2O4. The summed E-state index contributed by atoms with van der Waals surface area (Å²) in [5.41, 5.74) is 0.963. The molecule has 0 aromatic heterocycles. The van der Waals surface area contributed by atoms with E-state index in [1.807, 2.05) is 58.0 Å². The molecule has 0 spiro atoms. The van der Waals surface area contributed by atoms with Gasteiger partial charge in [0.2, 0.25) is 5.91 Å². The number of nitrogens with zero attached hydrogens (tertiary/aromatic N) is 2. The van der Waals surface area contributed by atoms with Crippen LogP contribution < -0.4 is 0 Å². The van der Waals surface area contributed by atoms with Gasteiger partial charge in [0.05, 0.1) is 5.92 Å². The van der Waals surface area contributed by atoms with Crippen LogP contribution in [-0.4, -0.2) is 58.2 Å². The summed E-state index contributed by atoms with van der Waals surface area (Å²) in [5, 5.41) is 10.2. The molecule has 2 saturated heterocycles. The topological polar surface area (TPSA) is 77.9 Å². The zero-order chi connectivity index (χ0) is 20.4. The minimum Gasteiger partial charge on any atom is -0.382 e. The predicted molar refractivity (Wildman–Crippen MR) is 105 cm³/mol. The van der Waals surface area contributed by atoms with Gasteiger partial charge in [-0.1, -0.05) is 58.0 Å². The lowest BCUT2D eigenvalue weighted by Crippen LogP contribution is -2.45. The lowest BCUT2D eigenvalue weighted by molar-refractivity contribution is -0.144. The maximum absolute atomic E-state index is 12.5. The van der Waals surface area contributed by atoms with Crippen molar-refractivity contribution in [1.82, 2.24) is 9.80 Å². The van der Waals surface area contributed by atoms with E-state index in [0.717, 1.165) is 5.56 Å². The van der Waals surface area contributed by atoms with E-state index in [1.165, 1.54) is 4.90 Å². The quantitative estimate of drug-likeness (QED) is 0.878. The molecule has 150 valence electrons. The van der Waals surface area contributed by atoms with Crippen LogP contribution in [0.4, 0.5) is 0 Å². The fourth-order valence-electron chi connectivity index (χ4n) is 3.16. The van der Waals surface area contributed by atoms with Crippen LogP contribution in [0, 0.1) is 5.92 Å². The molecule has 0 aliphatic carbocycles. The number of aliphatic hydroxyl groups is 1. The highest BCUT2D eigenvalue weighted by Gasteiger charge is 2.44. The second kappa shape index (κ2) is 11.5. The molecule has 2 aliphatic rings. The lowest BCUT2D eigenvalue weighted by Gasteiger charge is -2.29. The van der Waals surface area contributed by atoms with E-state index >= 15 is 0 Å². The fourth-order valence-corrected chi connectivity index (χ4v) is 3.16. The summed E-state index contributed by atoms with van der Waals surface area (Å²) >= 11 is 0. The first-order chi connectivity index (χ1) is 13.1. The van der Waals surface area contributed by atoms with Crippen LogP contribution in [0.3, 0.4) is 0 Å². The summed E-state index contributed by atoms with van der Waals surface area (Å²) in [5.74, 6) is -1.21. The molecule has 1 aromatic rings. The SMILES string of the molecule is CC.CC.O=C1CCN(C(=O)C2CN(Cc3ccccc3)C(=O)C2O)CC1. The number of hydrogen-bond acceptors (Lipinski definition) is 4. The zero-order valence-electron chi connectivity index (χ0n) is 16.9. The number of ketones is 1. The molecule has 1 aromatic carbocycles. The summed E-state index contributed by atoms with van der Waals surface area (Å²) in [6, 6.07) is 9.49. The zero-order valence-corrected chi connectivity index (χ0v) is 16.9. The number of carbonyl (C=O) groups excluding carboxylic acids is 3. The highest BCUT2D eigenvalue weighted by Crippen LogP contribution is 2.24. The average molecular weight is 376 g/mol. The molecule has 2 fully saturated rings. The number of amides is 2. The molecular weight excluding hydrogens is 344 g/mol. The molecule has 6 heteroatoms. The van der Waals surface area contributed by atoms with Crippen LogP contribution in [0.2, 0.25) is 0 Å². The van der Waals surface area contributed by atoms with Crippen molar-refractivity contribution in [3.63, 3.8) is 0 Å². The average Bonchev–Trinajstić information content (AvgIpc) is 3.00. The molecule has 2 amide bonds. The Morgan fingerprint density at radius 1 is 1.04 bits per heavy atom. The van der Waals surface area contributed by atoms with Gasteiger partial charge < -0.3 is 14.9 Å². The van der Waals surface area contributed by atoms with Gasteiger partial charge in [-0.15, -0.1) is 0 Å². The molecule has 2 heterocycles. The van der Waals surface area contributed by atoms with E-state index in [-0.39, 0.29) is 18.2 Å². The van der Waals surface area contributed by atoms with Crippen molar-refractivity contribution in [2.45, 2.75) is 53.2 Å². The minimum absolute atomic E-state index is 0.155. The van der Waals surface area contributed by atoms with Crippen LogP contribution in [-0.2, 0) is 20.9 Å². The normalized spacial score (nSPS) is 21.8. The van der Waals surface area contributed by atoms with Gasteiger partial charge in [0.25, 0.3) is 5.91 Å². The number of likely N-dealkylation sites (tertiary alicyclic amines) is 2. The molecule has 0 bridgehead atoms. The Labute approximate surface area is 162 Å². The van der Waals surface area contributed by atoms with Gasteiger partial charge >= 0.3 is 0 Å². The van der Waals surface area contributed by atoms with Gasteiger partial charge in [-0.3, -0.25) is 14.4 Å². The predicted octanol–water partition coefficient (Wildman–Crippen LogP) is 2.25. The number of hydrogen-bond donors (Lipinski definition) is 1. The molecule has 0 radical (unpaired) electrons. The first-order valence-corrected chi connectivity index (χ1v) is 9.87. The summed E-state index contributed by atoms with van der Waals surface area (Å²) < 4.78 is 0. The number of Topliss-reactive ketones (excluding diaryl/α,β-unsaturated/α-hetero) is 1.